The van der Waals surface area contributed by atoms with Crippen LogP contribution in [-0.4, -0.2) is 29.1 Å². The molecule has 1 rings (SSSR count). The van der Waals surface area contributed by atoms with Crippen molar-refractivity contribution in [3.8, 4) is 0 Å². The van der Waals surface area contributed by atoms with Gasteiger partial charge in [-0.3, -0.25) is 0 Å². The molecule has 0 saturated heterocycles. The van der Waals surface area contributed by atoms with E-state index in [4.69, 9.17) is 5.11 Å². The summed E-state index contributed by atoms with van der Waals surface area (Å²) in [6.45, 7) is 7.82. The van der Waals surface area contributed by atoms with Crippen molar-refractivity contribution in [1.82, 2.24) is 4.98 Å². The average molecular weight is 236 g/mol. The number of anilines is 1. The Kier molecular flexibility index (Phi) is 4.94. The van der Waals surface area contributed by atoms with E-state index in [9.17, 15) is 4.79 Å². The highest BCUT2D eigenvalue weighted by atomic mass is 16.4. The van der Waals surface area contributed by atoms with E-state index in [1.54, 1.807) is 19.1 Å². The smallest absolute Gasteiger partial charge is 0.337 e. The van der Waals surface area contributed by atoms with Crippen molar-refractivity contribution in [2.45, 2.75) is 33.6 Å². The van der Waals surface area contributed by atoms with Gasteiger partial charge in [-0.05, 0) is 32.4 Å². The minimum Gasteiger partial charge on any atom is -0.478 e. The monoisotopic (exact) mass is 236 g/mol. The molecular formula is C13H20N2O2. The van der Waals surface area contributed by atoms with E-state index in [1.807, 2.05) is 0 Å². The van der Waals surface area contributed by atoms with Gasteiger partial charge < -0.3 is 10.0 Å². The average Bonchev–Trinajstić information content (AvgIpc) is 2.29. The zero-order chi connectivity index (χ0) is 12.8. The summed E-state index contributed by atoms with van der Waals surface area (Å²) in [5, 5.41) is 8.94. The molecule has 1 aromatic rings. The highest BCUT2D eigenvalue weighted by Crippen LogP contribution is 2.15. The Morgan fingerprint density at radius 2 is 2.12 bits per heavy atom. The fourth-order valence-electron chi connectivity index (χ4n) is 1.73. The van der Waals surface area contributed by atoms with Crippen LogP contribution in [-0.2, 0) is 0 Å². The second-order valence-corrected chi connectivity index (χ2v) is 4.04. The number of hydrogen-bond donors (Lipinski definition) is 1. The van der Waals surface area contributed by atoms with Gasteiger partial charge in [0.2, 0.25) is 0 Å². The van der Waals surface area contributed by atoms with Crippen LogP contribution in [0.4, 0.5) is 5.82 Å². The van der Waals surface area contributed by atoms with Crippen LogP contribution in [0.25, 0.3) is 0 Å². The first kappa shape index (κ1) is 13.5. The lowest BCUT2D eigenvalue weighted by Gasteiger charge is -2.22. The molecule has 0 amide bonds. The summed E-state index contributed by atoms with van der Waals surface area (Å²) in [6, 6.07) is 3.42. The first-order valence-corrected chi connectivity index (χ1v) is 6.06. The Morgan fingerprint density at radius 1 is 1.41 bits per heavy atom. The van der Waals surface area contributed by atoms with Gasteiger partial charge in [-0.15, -0.1) is 0 Å². The van der Waals surface area contributed by atoms with Crippen LogP contribution in [0, 0.1) is 6.92 Å². The third kappa shape index (κ3) is 3.44. The molecule has 1 N–H and O–H groups in total. The van der Waals surface area contributed by atoms with E-state index in [0.29, 0.717) is 5.69 Å². The van der Waals surface area contributed by atoms with Crippen LogP contribution >= 0.6 is 0 Å². The number of nitrogens with zero attached hydrogens (tertiary/aromatic N) is 2. The SMILES string of the molecule is CCCCN(CC)c1ccc(C(=O)O)c(C)n1. The van der Waals surface area contributed by atoms with Crippen molar-refractivity contribution in [3.63, 3.8) is 0 Å². The first-order chi connectivity index (χ1) is 8.10. The van der Waals surface area contributed by atoms with Gasteiger partial charge in [-0.25, -0.2) is 9.78 Å². The minimum atomic E-state index is -0.918. The summed E-state index contributed by atoms with van der Waals surface area (Å²) in [7, 11) is 0. The largest absolute Gasteiger partial charge is 0.478 e. The van der Waals surface area contributed by atoms with Crippen molar-refractivity contribution in [2.75, 3.05) is 18.0 Å². The highest BCUT2D eigenvalue weighted by molar-refractivity contribution is 5.89. The second kappa shape index (κ2) is 6.23. The molecule has 0 fully saturated rings. The van der Waals surface area contributed by atoms with Crippen LogP contribution in [0.5, 0.6) is 0 Å². The number of carboxylic acid groups (broad SMARTS) is 1. The topological polar surface area (TPSA) is 53.4 Å². The van der Waals surface area contributed by atoms with E-state index in [0.717, 1.165) is 31.7 Å². The zero-order valence-electron chi connectivity index (χ0n) is 10.7. The number of carbonyl (C=O) groups is 1. The van der Waals surface area contributed by atoms with E-state index < -0.39 is 5.97 Å². The van der Waals surface area contributed by atoms with Crippen molar-refractivity contribution >= 4 is 11.8 Å². The number of aryl methyl sites for hydroxylation is 1. The number of rotatable bonds is 6. The number of aromatic nitrogens is 1. The maximum atomic E-state index is 10.9. The van der Waals surface area contributed by atoms with Gasteiger partial charge in [0.1, 0.15) is 5.82 Å². The van der Waals surface area contributed by atoms with E-state index in [-0.39, 0.29) is 5.56 Å². The molecule has 94 valence electrons. The van der Waals surface area contributed by atoms with Crippen molar-refractivity contribution < 1.29 is 9.90 Å². The number of carboxylic acids is 1. The lowest BCUT2D eigenvalue weighted by molar-refractivity contribution is 0.0695. The first-order valence-electron chi connectivity index (χ1n) is 6.06. The molecule has 4 nitrogen and oxygen atoms in total. The number of hydrogen-bond acceptors (Lipinski definition) is 3. The number of aromatic carboxylic acids is 1. The Hall–Kier alpha value is -1.58. The van der Waals surface area contributed by atoms with Gasteiger partial charge in [-0.1, -0.05) is 13.3 Å². The number of pyridine rings is 1. The van der Waals surface area contributed by atoms with Crippen molar-refractivity contribution in [2.24, 2.45) is 0 Å². The van der Waals surface area contributed by atoms with E-state index in [2.05, 4.69) is 23.7 Å². The molecule has 0 bridgehead atoms. The molecule has 0 aromatic carbocycles. The predicted molar refractivity (Wildman–Crippen MR) is 68.7 cm³/mol. The Morgan fingerprint density at radius 3 is 2.59 bits per heavy atom. The molecular weight excluding hydrogens is 216 g/mol. The van der Waals surface area contributed by atoms with Gasteiger partial charge in [-0.2, -0.15) is 0 Å². The van der Waals surface area contributed by atoms with Gasteiger partial charge >= 0.3 is 5.97 Å². The van der Waals surface area contributed by atoms with Crippen LogP contribution in [0.3, 0.4) is 0 Å². The predicted octanol–water partition coefficient (Wildman–Crippen LogP) is 2.71. The molecule has 0 spiro atoms. The van der Waals surface area contributed by atoms with Crippen molar-refractivity contribution in [3.05, 3.63) is 23.4 Å². The fraction of sp³-hybridized carbons (Fsp3) is 0.538. The summed E-state index contributed by atoms with van der Waals surface area (Å²) in [4.78, 5) is 17.4. The third-order valence-electron chi connectivity index (χ3n) is 2.79. The lowest BCUT2D eigenvalue weighted by atomic mass is 10.2. The molecule has 4 heteroatoms. The van der Waals surface area contributed by atoms with E-state index >= 15 is 0 Å². The number of unbranched alkanes of at least 4 members (excludes halogenated alkanes) is 1. The van der Waals surface area contributed by atoms with Gasteiger partial charge in [0.15, 0.2) is 0 Å². The Bertz CT molecular complexity index is 391. The summed E-state index contributed by atoms with van der Waals surface area (Å²) in [6.07, 6.45) is 2.26. The second-order valence-electron chi connectivity index (χ2n) is 4.04. The molecule has 1 heterocycles. The molecule has 0 atom stereocenters. The molecule has 0 unspecified atom stereocenters. The maximum absolute atomic E-state index is 10.9. The summed E-state index contributed by atoms with van der Waals surface area (Å²) < 4.78 is 0. The standard InChI is InChI=1S/C13H20N2O2/c1-4-6-9-15(5-2)12-8-7-11(13(16)17)10(3)14-12/h7-8H,4-6,9H2,1-3H3,(H,16,17). The highest BCUT2D eigenvalue weighted by Gasteiger charge is 2.11. The zero-order valence-corrected chi connectivity index (χ0v) is 10.7. The molecule has 1 aromatic heterocycles. The quantitative estimate of drug-likeness (QED) is 0.825. The molecule has 0 aliphatic heterocycles. The minimum absolute atomic E-state index is 0.278. The lowest BCUT2D eigenvalue weighted by Crippen LogP contribution is -2.25. The third-order valence-corrected chi connectivity index (χ3v) is 2.79. The van der Waals surface area contributed by atoms with Gasteiger partial charge in [0, 0.05) is 13.1 Å². The van der Waals surface area contributed by atoms with Crippen LogP contribution in [0.1, 0.15) is 42.7 Å². The molecule has 17 heavy (non-hydrogen) atoms. The molecule has 0 aliphatic carbocycles. The summed E-state index contributed by atoms with van der Waals surface area (Å²) >= 11 is 0. The Balaban J connectivity index is 2.90. The maximum Gasteiger partial charge on any atom is 0.337 e. The van der Waals surface area contributed by atoms with Crippen LogP contribution < -0.4 is 4.90 Å². The van der Waals surface area contributed by atoms with Crippen LogP contribution in [0.15, 0.2) is 12.1 Å². The Labute approximate surface area is 102 Å². The van der Waals surface area contributed by atoms with E-state index in [1.165, 1.54) is 0 Å². The fourth-order valence-corrected chi connectivity index (χ4v) is 1.73. The molecule has 0 aliphatic rings. The summed E-state index contributed by atoms with van der Waals surface area (Å²) in [5.74, 6) is -0.0541. The normalized spacial score (nSPS) is 10.3. The van der Waals surface area contributed by atoms with Gasteiger partial charge in [0.25, 0.3) is 0 Å². The molecule has 0 radical (unpaired) electrons. The van der Waals surface area contributed by atoms with Crippen molar-refractivity contribution in [1.29, 1.82) is 0 Å². The van der Waals surface area contributed by atoms with Gasteiger partial charge in [0.05, 0.1) is 11.3 Å². The summed E-state index contributed by atoms with van der Waals surface area (Å²) in [5.41, 5.74) is 0.852. The van der Waals surface area contributed by atoms with Crippen LogP contribution in [0.2, 0.25) is 0 Å². The molecule has 0 saturated carbocycles.